The summed E-state index contributed by atoms with van der Waals surface area (Å²) in [7, 11) is 0. The molecule has 2 aromatic rings. The zero-order valence-electron chi connectivity index (χ0n) is 26.2. The quantitative estimate of drug-likeness (QED) is 0.287. The first kappa shape index (κ1) is 47.3. The van der Waals surface area contributed by atoms with Crippen molar-refractivity contribution < 1.29 is 92.3 Å². The van der Waals surface area contributed by atoms with Gasteiger partial charge in [-0.25, -0.2) is 19.2 Å². The van der Waals surface area contributed by atoms with E-state index in [0.717, 1.165) is 13.1 Å². The Bertz CT molecular complexity index is 1310. The molecule has 2 aliphatic rings. The van der Waals surface area contributed by atoms with Crippen LogP contribution in [0.1, 0.15) is 30.5 Å². The summed E-state index contributed by atoms with van der Waals surface area (Å²) < 4.78 is 127. The van der Waals surface area contributed by atoms with Gasteiger partial charge in [-0.1, -0.05) is 6.07 Å². The number of piperidine rings is 1. The van der Waals surface area contributed by atoms with E-state index in [1.807, 2.05) is 24.7 Å². The highest BCUT2D eigenvalue weighted by Crippen LogP contribution is 2.39. The van der Waals surface area contributed by atoms with Gasteiger partial charge >= 0.3 is 48.6 Å². The van der Waals surface area contributed by atoms with E-state index in [1.165, 1.54) is 56.7 Å². The molecule has 4 N–H and O–H groups in total. The van der Waals surface area contributed by atoms with E-state index in [1.54, 1.807) is 0 Å². The molecular formula is C28H30F12N4O8. The van der Waals surface area contributed by atoms with E-state index in [0.29, 0.717) is 5.41 Å². The summed E-state index contributed by atoms with van der Waals surface area (Å²) in [5.74, 6) is -11.0. The molecule has 294 valence electrons. The van der Waals surface area contributed by atoms with Gasteiger partial charge in [0.25, 0.3) is 0 Å². The first-order valence-electron chi connectivity index (χ1n) is 14.0. The Hall–Kier alpha value is -4.74. The molecule has 52 heavy (non-hydrogen) atoms. The maximum absolute atomic E-state index is 10.6. The molecule has 0 aromatic carbocycles. The third-order valence-electron chi connectivity index (χ3n) is 6.50. The van der Waals surface area contributed by atoms with Crippen molar-refractivity contribution in [1.82, 2.24) is 19.8 Å². The van der Waals surface area contributed by atoms with Crippen LogP contribution in [-0.4, -0.2) is 115 Å². The first-order valence-corrected chi connectivity index (χ1v) is 14.0. The Kier molecular flexibility index (Phi) is 18.5. The van der Waals surface area contributed by atoms with Crippen molar-refractivity contribution >= 4 is 23.9 Å². The summed E-state index contributed by atoms with van der Waals surface area (Å²) in [6.07, 6.45) is -10.6. The third kappa shape index (κ3) is 20.2. The van der Waals surface area contributed by atoms with Crippen molar-refractivity contribution in [2.75, 3.05) is 26.2 Å². The number of rotatable bonds is 4. The molecule has 24 heteroatoms. The molecule has 1 spiro atoms. The highest BCUT2D eigenvalue weighted by atomic mass is 19.4. The minimum atomic E-state index is -5.08. The van der Waals surface area contributed by atoms with Gasteiger partial charge in [-0.2, -0.15) is 52.7 Å². The molecule has 2 fully saturated rings. The first-order chi connectivity index (χ1) is 23.6. The topological polar surface area (TPSA) is 181 Å². The van der Waals surface area contributed by atoms with Crippen molar-refractivity contribution in [3.63, 3.8) is 0 Å². The molecule has 2 aromatic heterocycles. The Morgan fingerprint density at radius 1 is 0.596 bits per heavy atom. The number of likely N-dealkylation sites (tertiary alicyclic amines) is 2. The maximum atomic E-state index is 10.6. The lowest BCUT2D eigenvalue weighted by Gasteiger charge is -2.40. The smallest absolute Gasteiger partial charge is 0.475 e. The zero-order chi connectivity index (χ0) is 40.6. The number of halogens is 12. The normalized spacial score (nSPS) is 17.8. The second-order valence-electron chi connectivity index (χ2n) is 10.7. The lowest BCUT2D eigenvalue weighted by Crippen LogP contribution is -2.44. The van der Waals surface area contributed by atoms with Gasteiger partial charge in [0.1, 0.15) is 0 Å². The molecule has 2 aliphatic heterocycles. The number of alkyl halides is 12. The van der Waals surface area contributed by atoms with Crippen LogP contribution in [0, 0.1) is 5.41 Å². The largest absolute Gasteiger partial charge is 0.490 e. The second-order valence-corrected chi connectivity index (χ2v) is 10.7. The van der Waals surface area contributed by atoms with Gasteiger partial charge in [0.15, 0.2) is 0 Å². The summed E-state index contributed by atoms with van der Waals surface area (Å²) in [5, 5.41) is 28.5. The fraction of sp³-hybridized carbons (Fsp3) is 0.500. The molecule has 1 atom stereocenters. The molecular weight excluding hydrogens is 748 g/mol. The van der Waals surface area contributed by atoms with Crippen LogP contribution in [0.25, 0.3) is 0 Å². The summed E-state index contributed by atoms with van der Waals surface area (Å²) in [4.78, 5) is 49.4. The molecule has 0 bridgehead atoms. The van der Waals surface area contributed by atoms with Crippen LogP contribution in [0.5, 0.6) is 0 Å². The molecule has 1 unspecified atom stereocenters. The van der Waals surface area contributed by atoms with Gasteiger partial charge in [-0.05, 0) is 67.6 Å². The predicted molar refractivity (Wildman–Crippen MR) is 150 cm³/mol. The Balaban J connectivity index is 0.000000764. The number of hydrogen-bond acceptors (Lipinski definition) is 8. The van der Waals surface area contributed by atoms with Crippen molar-refractivity contribution in [3.8, 4) is 0 Å². The van der Waals surface area contributed by atoms with E-state index in [2.05, 4.69) is 44.0 Å². The van der Waals surface area contributed by atoms with Crippen molar-refractivity contribution in [1.29, 1.82) is 0 Å². The predicted octanol–water partition coefficient (Wildman–Crippen LogP) is 5.50. The van der Waals surface area contributed by atoms with Crippen LogP contribution >= 0.6 is 0 Å². The second kappa shape index (κ2) is 20.3. The molecule has 0 saturated carbocycles. The van der Waals surface area contributed by atoms with Crippen LogP contribution < -0.4 is 0 Å². The minimum Gasteiger partial charge on any atom is -0.475 e. The van der Waals surface area contributed by atoms with E-state index in [9.17, 15) is 52.7 Å². The zero-order valence-corrected chi connectivity index (χ0v) is 26.2. The van der Waals surface area contributed by atoms with E-state index in [-0.39, 0.29) is 0 Å². The number of pyridine rings is 2. The molecule has 2 saturated heterocycles. The average molecular weight is 779 g/mol. The fourth-order valence-corrected chi connectivity index (χ4v) is 4.41. The molecule has 0 aliphatic carbocycles. The monoisotopic (exact) mass is 778 g/mol. The summed E-state index contributed by atoms with van der Waals surface area (Å²) in [5.41, 5.74) is 3.06. The lowest BCUT2D eigenvalue weighted by atomic mass is 9.79. The molecule has 0 radical (unpaired) electrons. The molecule has 0 amide bonds. The van der Waals surface area contributed by atoms with Crippen LogP contribution in [0.3, 0.4) is 0 Å². The molecule has 4 rings (SSSR count). The van der Waals surface area contributed by atoms with Crippen LogP contribution in [0.2, 0.25) is 0 Å². The number of hydrogen-bond donors (Lipinski definition) is 4. The molecule has 4 heterocycles. The van der Waals surface area contributed by atoms with Gasteiger partial charge < -0.3 is 20.4 Å². The van der Waals surface area contributed by atoms with Gasteiger partial charge in [0, 0.05) is 44.8 Å². The van der Waals surface area contributed by atoms with Crippen LogP contribution in [-0.2, 0) is 32.3 Å². The van der Waals surface area contributed by atoms with Crippen molar-refractivity contribution in [2.24, 2.45) is 5.41 Å². The van der Waals surface area contributed by atoms with E-state index < -0.39 is 48.6 Å². The van der Waals surface area contributed by atoms with Crippen molar-refractivity contribution in [2.45, 2.75) is 57.1 Å². The SMILES string of the molecule is O=C(O)C(F)(F)F.O=C(O)C(F)(F)F.O=C(O)C(F)(F)F.O=C(O)C(F)(F)F.c1ccc(CN2CCCC3(CCN(Cc4ccncc4)C3)C2)nc1. The summed E-state index contributed by atoms with van der Waals surface area (Å²) in [6, 6.07) is 10.5. The minimum absolute atomic E-state index is 0.486. The number of aromatic nitrogens is 2. The van der Waals surface area contributed by atoms with Crippen LogP contribution in [0.15, 0.2) is 48.9 Å². The van der Waals surface area contributed by atoms with E-state index in [4.69, 9.17) is 39.6 Å². The Labute approximate surface area is 285 Å². The third-order valence-corrected chi connectivity index (χ3v) is 6.50. The number of carboxylic acid groups (broad SMARTS) is 4. The number of nitrogens with zero attached hydrogens (tertiary/aromatic N) is 4. The van der Waals surface area contributed by atoms with Crippen molar-refractivity contribution in [3.05, 3.63) is 60.2 Å². The van der Waals surface area contributed by atoms with Gasteiger partial charge in [-0.3, -0.25) is 19.8 Å². The average Bonchev–Trinajstić information content (AvgIpc) is 3.38. The lowest BCUT2D eigenvalue weighted by molar-refractivity contribution is -0.193. The highest BCUT2D eigenvalue weighted by molar-refractivity contribution is 5.74. The number of carboxylic acids is 4. The molecule has 12 nitrogen and oxygen atoms in total. The summed E-state index contributed by atoms with van der Waals surface area (Å²) >= 11 is 0. The summed E-state index contributed by atoms with van der Waals surface area (Å²) in [6.45, 7) is 6.93. The van der Waals surface area contributed by atoms with E-state index >= 15 is 0 Å². The number of carbonyl (C=O) groups is 4. The van der Waals surface area contributed by atoms with Gasteiger partial charge in [0.2, 0.25) is 0 Å². The number of aliphatic carboxylic acids is 4. The van der Waals surface area contributed by atoms with Gasteiger partial charge in [-0.15, -0.1) is 0 Å². The standard InChI is InChI=1S/C20H26N4.4C2HF3O2/c1-2-9-22-19(4-1)15-23-12-3-7-20(16-23)8-13-24(17-20)14-18-5-10-21-11-6-18;4*3-2(4,5)1(6)7/h1-2,4-6,9-11H,3,7-8,12-17H2;4*(H,6,7). The Morgan fingerprint density at radius 2 is 1.00 bits per heavy atom. The van der Waals surface area contributed by atoms with Gasteiger partial charge in [0.05, 0.1) is 5.69 Å². The fourth-order valence-electron chi connectivity index (χ4n) is 4.41. The highest BCUT2D eigenvalue weighted by Gasteiger charge is 2.42. The maximum Gasteiger partial charge on any atom is 0.490 e. The van der Waals surface area contributed by atoms with Crippen LogP contribution in [0.4, 0.5) is 52.7 Å². The Morgan fingerprint density at radius 3 is 1.37 bits per heavy atom.